The Labute approximate surface area is 117 Å². The number of hydrogen-bond donors (Lipinski definition) is 1. The van der Waals surface area contributed by atoms with Gasteiger partial charge in [-0.1, -0.05) is 0 Å². The van der Waals surface area contributed by atoms with Crippen LogP contribution in [0.4, 0.5) is 5.69 Å². The van der Waals surface area contributed by atoms with Gasteiger partial charge in [0.2, 0.25) is 0 Å². The van der Waals surface area contributed by atoms with Crippen LogP contribution >= 0.6 is 0 Å². The lowest BCUT2D eigenvalue weighted by atomic mass is 10.2. The molecule has 0 saturated heterocycles. The van der Waals surface area contributed by atoms with Crippen molar-refractivity contribution in [2.75, 3.05) is 19.5 Å². The van der Waals surface area contributed by atoms with Crippen LogP contribution in [-0.2, 0) is 7.05 Å². The second-order valence-corrected chi connectivity index (χ2v) is 4.32. The average molecular weight is 275 g/mol. The highest BCUT2D eigenvalue weighted by molar-refractivity contribution is 6.05. The zero-order chi connectivity index (χ0) is 14.7. The number of methoxy groups -OCH3 is 2. The van der Waals surface area contributed by atoms with Gasteiger partial charge >= 0.3 is 0 Å². The van der Waals surface area contributed by atoms with Gasteiger partial charge in [-0.15, -0.1) is 0 Å². The number of aromatic nitrogens is 2. The summed E-state index contributed by atoms with van der Waals surface area (Å²) in [5.74, 6) is 1.01. The van der Waals surface area contributed by atoms with E-state index in [0.717, 1.165) is 5.69 Å². The van der Waals surface area contributed by atoms with Crippen LogP contribution in [0.2, 0.25) is 0 Å². The van der Waals surface area contributed by atoms with Crippen LogP contribution in [0.3, 0.4) is 0 Å². The molecule has 106 valence electrons. The van der Waals surface area contributed by atoms with Crippen molar-refractivity contribution in [3.05, 3.63) is 35.7 Å². The molecule has 0 aliphatic heterocycles. The van der Waals surface area contributed by atoms with E-state index < -0.39 is 0 Å². The van der Waals surface area contributed by atoms with Gasteiger partial charge in [-0.3, -0.25) is 9.48 Å². The molecule has 6 nitrogen and oxygen atoms in total. The maximum absolute atomic E-state index is 12.2. The minimum absolute atomic E-state index is 0.217. The molecule has 0 saturated carbocycles. The van der Waals surface area contributed by atoms with Crippen LogP contribution in [0.5, 0.6) is 11.5 Å². The first-order chi connectivity index (χ1) is 9.55. The van der Waals surface area contributed by atoms with Gasteiger partial charge in [-0.25, -0.2) is 0 Å². The smallest absolute Gasteiger partial charge is 0.259 e. The Morgan fingerprint density at radius 3 is 2.25 bits per heavy atom. The fourth-order valence-corrected chi connectivity index (χ4v) is 1.80. The lowest BCUT2D eigenvalue weighted by Gasteiger charge is -2.09. The average Bonchev–Trinajstić information content (AvgIpc) is 2.78. The van der Waals surface area contributed by atoms with Crippen LogP contribution in [0.1, 0.15) is 16.1 Å². The van der Waals surface area contributed by atoms with Crippen molar-refractivity contribution in [1.82, 2.24) is 9.78 Å². The standard InChI is InChI=1S/C14H17N3O3/c1-9-13(8-15-17(9)2)14(18)16-10-5-11(19-3)7-12(6-10)20-4/h5-8H,1-4H3,(H,16,18). The van der Waals surface area contributed by atoms with E-state index in [2.05, 4.69) is 10.4 Å². The summed E-state index contributed by atoms with van der Waals surface area (Å²) in [7, 11) is 4.91. The second kappa shape index (κ2) is 5.64. The van der Waals surface area contributed by atoms with E-state index >= 15 is 0 Å². The Kier molecular flexibility index (Phi) is 3.93. The molecule has 0 aliphatic rings. The van der Waals surface area contributed by atoms with E-state index in [9.17, 15) is 4.79 Å². The molecule has 6 heteroatoms. The lowest BCUT2D eigenvalue weighted by molar-refractivity contribution is 0.102. The molecule has 0 fully saturated rings. The van der Waals surface area contributed by atoms with Crippen LogP contribution < -0.4 is 14.8 Å². The lowest BCUT2D eigenvalue weighted by Crippen LogP contribution is -2.13. The molecule has 2 aromatic rings. The molecule has 0 atom stereocenters. The number of benzene rings is 1. The summed E-state index contributed by atoms with van der Waals surface area (Å²) in [5, 5.41) is 6.86. The second-order valence-electron chi connectivity index (χ2n) is 4.32. The Morgan fingerprint density at radius 1 is 1.20 bits per heavy atom. The van der Waals surface area contributed by atoms with Gasteiger partial charge < -0.3 is 14.8 Å². The first-order valence-electron chi connectivity index (χ1n) is 6.08. The van der Waals surface area contributed by atoms with Gasteiger partial charge in [0.05, 0.1) is 26.0 Å². The van der Waals surface area contributed by atoms with E-state index in [4.69, 9.17) is 9.47 Å². The summed E-state index contributed by atoms with van der Waals surface area (Å²) in [5.41, 5.74) is 1.95. The minimum atomic E-state index is -0.217. The Balaban J connectivity index is 2.25. The third kappa shape index (κ3) is 2.74. The number of nitrogens with zero attached hydrogens (tertiary/aromatic N) is 2. The van der Waals surface area contributed by atoms with Crippen molar-refractivity contribution >= 4 is 11.6 Å². The summed E-state index contributed by atoms with van der Waals surface area (Å²) in [4.78, 5) is 12.2. The van der Waals surface area contributed by atoms with Crippen LogP contribution in [0, 0.1) is 6.92 Å². The Morgan fingerprint density at radius 2 is 1.80 bits per heavy atom. The topological polar surface area (TPSA) is 65.4 Å². The molecule has 0 spiro atoms. The maximum atomic E-state index is 12.2. The molecule has 1 heterocycles. The Bertz CT molecular complexity index is 612. The van der Waals surface area contributed by atoms with E-state index in [1.165, 1.54) is 0 Å². The van der Waals surface area contributed by atoms with Crippen LogP contribution in [0.15, 0.2) is 24.4 Å². The molecule has 1 amide bonds. The molecule has 0 aliphatic carbocycles. The molecule has 1 aromatic carbocycles. The summed E-state index contributed by atoms with van der Waals surface area (Å²) < 4.78 is 12.0. The minimum Gasteiger partial charge on any atom is -0.497 e. The molecule has 0 bridgehead atoms. The number of amides is 1. The number of rotatable bonds is 4. The zero-order valence-corrected chi connectivity index (χ0v) is 11.9. The first-order valence-corrected chi connectivity index (χ1v) is 6.08. The number of aryl methyl sites for hydroxylation is 1. The van der Waals surface area contributed by atoms with E-state index in [1.807, 2.05) is 6.92 Å². The van der Waals surface area contributed by atoms with Gasteiger partial charge in [-0.05, 0) is 6.92 Å². The molecular weight excluding hydrogens is 258 g/mol. The fraction of sp³-hybridized carbons (Fsp3) is 0.286. The van der Waals surface area contributed by atoms with Crippen molar-refractivity contribution in [3.8, 4) is 11.5 Å². The summed E-state index contributed by atoms with van der Waals surface area (Å²) in [6, 6.07) is 5.20. The zero-order valence-electron chi connectivity index (χ0n) is 11.9. The van der Waals surface area contributed by atoms with Gasteiger partial charge in [0, 0.05) is 36.6 Å². The van der Waals surface area contributed by atoms with Crippen LogP contribution in [-0.4, -0.2) is 29.9 Å². The predicted molar refractivity (Wildman–Crippen MR) is 75.4 cm³/mol. The van der Waals surface area contributed by atoms with Gasteiger partial charge in [0.25, 0.3) is 5.91 Å². The molecule has 1 aromatic heterocycles. The van der Waals surface area contributed by atoms with E-state index in [1.54, 1.807) is 50.3 Å². The highest BCUT2D eigenvalue weighted by Crippen LogP contribution is 2.26. The van der Waals surface area contributed by atoms with Crippen molar-refractivity contribution in [2.45, 2.75) is 6.92 Å². The molecule has 20 heavy (non-hydrogen) atoms. The number of nitrogens with one attached hydrogen (secondary N) is 1. The fourth-order valence-electron chi connectivity index (χ4n) is 1.80. The largest absolute Gasteiger partial charge is 0.497 e. The summed E-state index contributed by atoms with van der Waals surface area (Å²) in [6.45, 7) is 1.84. The van der Waals surface area contributed by atoms with Gasteiger partial charge in [-0.2, -0.15) is 5.10 Å². The summed E-state index contributed by atoms with van der Waals surface area (Å²) >= 11 is 0. The van der Waals surface area contributed by atoms with Crippen molar-refractivity contribution in [2.24, 2.45) is 7.05 Å². The molecular formula is C14H17N3O3. The quantitative estimate of drug-likeness (QED) is 0.926. The number of ether oxygens (including phenoxy) is 2. The molecule has 0 radical (unpaired) electrons. The van der Waals surface area contributed by atoms with Gasteiger partial charge in [0.1, 0.15) is 11.5 Å². The van der Waals surface area contributed by atoms with Crippen LogP contribution in [0.25, 0.3) is 0 Å². The van der Waals surface area contributed by atoms with Gasteiger partial charge in [0.15, 0.2) is 0 Å². The normalized spacial score (nSPS) is 10.2. The highest BCUT2D eigenvalue weighted by Gasteiger charge is 2.13. The van der Waals surface area contributed by atoms with Crippen molar-refractivity contribution in [3.63, 3.8) is 0 Å². The van der Waals surface area contributed by atoms with Crippen molar-refractivity contribution in [1.29, 1.82) is 0 Å². The molecule has 2 rings (SSSR count). The number of carbonyl (C=O) groups is 1. The van der Waals surface area contributed by atoms with E-state index in [0.29, 0.717) is 22.7 Å². The third-order valence-electron chi connectivity index (χ3n) is 3.09. The summed E-state index contributed by atoms with van der Waals surface area (Å²) in [6.07, 6.45) is 1.54. The number of carbonyl (C=O) groups excluding carboxylic acids is 1. The Hall–Kier alpha value is -2.50. The molecule has 0 unspecified atom stereocenters. The highest BCUT2D eigenvalue weighted by atomic mass is 16.5. The van der Waals surface area contributed by atoms with E-state index in [-0.39, 0.29) is 5.91 Å². The third-order valence-corrected chi connectivity index (χ3v) is 3.09. The number of anilines is 1. The SMILES string of the molecule is COc1cc(NC(=O)c2cnn(C)c2C)cc(OC)c1. The number of hydrogen-bond acceptors (Lipinski definition) is 4. The first kappa shape index (κ1) is 13.9. The monoisotopic (exact) mass is 275 g/mol. The van der Waals surface area contributed by atoms with Crippen molar-refractivity contribution < 1.29 is 14.3 Å². The maximum Gasteiger partial charge on any atom is 0.259 e. The predicted octanol–water partition coefficient (Wildman–Crippen LogP) is 2.00. The molecule has 1 N–H and O–H groups in total.